The summed E-state index contributed by atoms with van der Waals surface area (Å²) in [6.07, 6.45) is 3.68. The Morgan fingerprint density at radius 1 is 1.19 bits per heavy atom. The molecule has 4 heterocycles. The summed E-state index contributed by atoms with van der Waals surface area (Å²) < 4.78 is 27.8. The zero-order valence-electron chi connectivity index (χ0n) is 18.4. The van der Waals surface area contributed by atoms with Gasteiger partial charge in [-0.2, -0.15) is 4.31 Å². The lowest BCUT2D eigenvalue weighted by molar-refractivity contribution is 0.0896. The third kappa shape index (κ3) is 3.89. The number of Topliss-reactive ketones (excluding diaryl/α,β-unsaturated/α-hetero) is 2. The number of rotatable bonds is 7. The van der Waals surface area contributed by atoms with Crippen LogP contribution in [-0.2, 0) is 16.4 Å². The molecule has 0 amide bonds. The van der Waals surface area contributed by atoms with Crippen LogP contribution >= 0.6 is 0 Å². The molecule has 1 aliphatic heterocycles. The first-order valence-electron chi connectivity index (χ1n) is 10.6. The van der Waals surface area contributed by atoms with Gasteiger partial charge in [-0.15, -0.1) is 0 Å². The molecule has 0 atom stereocenters. The quantitative estimate of drug-likeness (QED) is 0.525. The van der Waals surface area contributed by atoms with E-state index in [-0.39, 0.29) is 23.0 Å². The van der Waals surface area contributed by atoms with Crippen LogP contribution in [0.2, 0.25) is 0 Å². The van der Waals surface area contributed by atoms with Crippen molar-refractivity contribution >= 4 is 32.6 Å². The van der Waals surface area contributed by atoms with Crippen molar-refractivity contribution in [3.8, 4) is 0 Å². The summed E-state index contributed by atoms with van der Waals surface area (Å²) in [5.74, 6) is -0.141. The standard InChI is InChI=1S/C22H27N5O4S/c1-4-16-20(15(3)28)14(2)25-21(16)18(29)13-26-8-10-27(11-9-26)32(30,31)19-12-24-22-17(19)6-5-7-23-22/h5-7,12,25H,4,8-11,13H2,1-3H3,(H,23,24). The minimum atomic E-state index is -3.67. The third-order valence-corrected chi connectivity index (χ3v) is 7.94. The second kappa shape index (κ2) is 8.61. The van der Waals surface area contributed by atoms with Crippen LogP contribution in [0.5, 0.6) is 0 Å². The molecule has 0 spiro atoms. The van der Waals surface area contributed by atoms with Crippen molar-refractivity contribution in [1.82, 2.24) is 24.2 Å². The van der Waals surface area contributed by atoms with E-state index in [0.717, 1.165) is 5.56 Å². The molecule has 32 heavy (non-hydrogen) atoms. The predicted molar refractivity (Wildman–Crippen MR) is 121 cm³/mol. The number of nitrogens with one attached hydrogen (secondary N) is 2. The lowest BCUT2D eigenvalue weighted by Crippen LogP contribution is -2.49. The van der Waals surface area contributed by atoms with Gasteiger partial charge < -0.3 is 9.97 Å². The van der Waals surface area contributed by atoms with Crippen LogP contribution < -0.4 is 0 Å². The maximum Gasteiger partial charge on any atom is 0.245 e. The minimum absolute atomic E-state index is 0.0547. The number of hydrogen-bond acceptors (Lipinski definition) is 6. The van der Waals surface area contributed by atoms with Crippen LogP contribution in [0.25, 0.3) is 11.0 Å². The molecule has 0 saturated carbocycles. The van der Waals surface area contributed by atoms with E-state index in [4.69, 9.17) is 0 Å². The zero-order chi connectivity index (χ0) is 23.0. The average Bonchev–Trinajstić information content (AvgIpc) is 3.35. The fourth-order valence-electron chi connectivity index (χ4n) is 4.44. The molecular weight excluding hydrogens is 430 g/mol. The first kappa shape index (κ1) is 22.4. The van der Waals surface area contributed by atoms with Crippen molar-refractivity contribution in [1.29, 1.82) is 0 Å². The number of fused-ring (bicyclic) bond motifs is 1. The Bertz CT molecular complexity index is 1280. The number of nitrogens with zero attached hydrogens (tertiary/aromatic N) is 3. The van der Waals surface area contributed by atoms with Crippen LogP contribution in [0.1, 0.15) is 46.0 Å². The van der Waals surface area contributed by atoms with E-state index in [1.165, 1.54) is 17.4 Å². The molecule has 2 N–H and O–H groups in total. The molecule has 170 valence electrons. The van der Waals surface area contributed by atoms with E-state index in [9.17, 15) is 18.0 Å². The van der Waals surface area contributed by atoms with Gasteiger partial charge in [-0.05, 0) is 38.0 Å². The van der Waals surface area contributed by atoms with Gasteiger partial charge in [0.1, 0.15) is 10.5 Å². The van der Waals surface area contributed by atoms with Crippen molar-refractivity contribution in [3.63, 3.8) is 0 Å². The van der Waals surface area contributed by atoms with Crippen molar-refractivity contribution in [2.75, 3.05) is 32.7 Å². The van der Waals surface area contributed by atoms with E-state index in [2.05, 4.69) is 15.0 Å². The molecule has 3 aromatic heterocycles. The fourth-order valence-corrected chi connectivity index (χ4v) is 6.01. The fraction of sp³-hybridized carbons (Fsp3) is 0.409. The van der Waals surface area contributed by atoms with E-state index in [1.54, 1.807) is 25.3 Å². The van der Waals surface area contributed by atoms with Crippen LogP contribution in [0.3, 0.4) is 0 Å². The average molecular weight is 458 g/mol. The highest BCUT2D eigenvalue weighted by molar-refractivity contribution is 7.89. The molecule has 0 aromatic carbocycles. The number of carbonyl (C=O) groups excluding carboxylic acids is 2. The van der Waals surface area contributed by atoms with Gasteiger partial charge in [0.15, 0.2) is 11.6 Å². The SMILES string of the molecule is CCc1c(C(=O)CN2CCN(S(=O)(=O)c3c[nH]c4ncccc34)CC2)[nH]c(C)c1C(C)=O. The molecule has 1 saturated heterocycles. The van der Waals surface area contributed by atoms with Crippen LogP contribution in [0, 0.1) is 6.92 Å². The number of ketones is 2. The number of aromatic nitrogens is 3. The largest absolute Gasteiger partial charge is 0.355 e. The molecule has 0 bridgehead atoms. The lowest BCUT2D eigenvalue weighted by Gasteiger charge is -2.33. The molecule has 4 rings (SSSR count). The Labute approximate surface area is 186 Å². The van der Waals surface area contributed by atoms with Crippen molar-refractivity contribution in [3.05, 3.63) is 47.0 Å². The molecule has 10 heteroatoms. The summed E-state index contributed by atoms with van der Waals surface area (Å²) in [6, 6.07) is 3.45. The van der Waals surface area contributed by atoms with Gasteiger partial charge in [-0.1, -0.05) is 6.92 Å². The molecule has 1 fully saturated rings. The normalized spacial score (nSPS) is 16.0. The zero-order valence-corrected chi connectivity index (χ0v) is 19.3. The van der Waals surface area contributed by atoms with Crippen LogP contribution in [0.4, 0.5) is 0 Å². The molecule has 3 aromatic rings. The summed E-state index contributed by atoms with van der Waals surface area (Å²) in [5.41, 5.74) is 3.08. The van der Waals surface area contributed by atoms with E-state index in [1.807, 2.05) is 11.8 Å². The number of H-pyrrole nitrogens is 2. The molecular formula is C22H27N5O4S. The Balaban J connectivity index is 1.45. The van der Waals surface area contributed by atoms with Crippen LogP contribution in [-0.4, -0.2) is 76.9 Å². The molecule has 0 aliphatic carbocycles. The third-order valence-electron chi connectivity index (χ3n) is 6.00. The van der Waals surface area contributed by atoms with Gasteiger partial charge in [0.05, 0.1) is 12.2 Å². The van der Waals surface area contributed by atoms with Crippen LogP contribution in [0.15, 0.2) is 29.4 Å². The summed E-state index contributed by atoms with van der Waals surface area (Å²) in [4.78, 5) is 37.3. The monoisotopic (exact) mass is 457 g/mol. The number of hydrogen-bond donors (Lipinski definition) is 2. The van der Waals surface area contributed by atoms with Gasteiger partial charge in [0.25, 0.3) is 0 Å². The highest BCUT2D eigenvalue weighted by Gasteiger charge is 2.32. The topological polar surface area (TPSA) is 119 Å². The smallest absolute Gasteiger partial charge is 0.245 e. The Hall–Kier alpha value is -2.82. The van der Waals surface area contributed by atoms with E-state index >= 15 is 0 Å². The summed E-state index contributed by atoms with van der Waals surface area (Å²) in [7, 11) is -3.67. The number of piperazine rings is 1. The van der Waals surface area contributed by atoms with Crippen molar-refractivity contribution < 1.29 is 18.0 Å². The first-order valence-corrected chi connectivity index (χ1v) is 12.1. The second-order valence-corrected chi connectivity index (χ2v) is 9.95. The predicted octanol–water partition coefficient (Wildman–Crippen LogP) is 2.15. The minimum Gasteiger partial charge on any atom is -0.355 e. The molecule has 1 aliphatic rings. The van der Waals surface area contributed by atoms with Gasteiger partial charge in [0.2, 0.25) is 10.0 Å². The molecule has 9 nitrogen and oxygen atoms in total. The Morgan fingerprint density at radius 2 is 1.91 bits per heavy atom. The summed E-state index contributed by atoms with van der Waals surface area (Å²) in [6.45, 7) is 6.91. The van der Waals surface area contributed by atoms with Gasteiger partial charge in [-0.25, -0.2) is 13.4 Å². The van der Waals surface area contributed by atoms with Crippen molar-refractivity contribution in [2.24, 2.45) is 0 Å². The molecule has 0 unspecified atom stereocenters. The first-order chi connectivity index (χ1) is 15.2. The Kier molecular flexibility index (Phi) is 6.02. The second-order valence-electron chi connectivity index (χ2n) is 8.04. The van der Waals surface area contributed by atoms with Gasteiger partial charge in [0, 0.05) is 55.2 Å². The highest BCUT2D eigenvalue weighted by Crippen LogP contribution is 2.25. The maximum atomic E-state index is 13.2. The van der Waals surface area contributed by atoms with E-state index in [0.29, 0.717) is 60.6 Å². The number of carbonyl (C=O) groups is 2. The number of pyridine rings is 1. The molecule has 0 radical (unpaired) electrons. The van der Waals surface area contributed by atoms with E-state index < -0.39 is 10.0 Å². The maximum absolute atomic E-state index is 13.2. The van der Waals surface area contributed by atoms with Crippen molar-refractivity contribution in [2.45, 2.75) is 32.1 Å². The lowest BCUT2D eigenvalue weighted by atomic mass is 10.0. The van der Waals surface area contributed by atoms with Gasteiger partial charge in [-0.3, -0.25) is 14.5 Å². The summed E-state index contributed by atoms with van der Waals surface area (Å²) >= 11 is 0. The number of aromatic amines is 2. The summed E-state index contributed by atoms with van der Waals surface area (Å²) in [5, 5.41) is 0.570. The number of aryl methyl sites for hydroxylation is 1. The highest BCUT2D eigenvalue weighted by atomic mass is 32.2. The Morgan fingerprint density at radius 3 is 2.56 bits per heavy atom. The van der Waals surface area contributed by atoms with Gasteiger partial charge >= 0.3 is 0 Å². The number of sulfonamides is 1.